The lowest BCUT2D eigenvalue weighted by Crippen LogP contribution is -2.40. The number of carboxylic acid groups (broad SMARTS) is 1. The third kappa shape index (κ3) is 7.48. The Morgan fingerprint density at radius 2 is 2.05 bits per heavy atom. The highest BCUT2D eigenvalue weighted by Crippen LogP contribution is 2.22. The van der Waals surface area contributed by atoms with Gasteiger partial charge in [-0.1, -0.05) is 20.8 Å². The summed E-state index contributed by atoms with van der Waals surface area (Å²) in [5.41, 5.74) is -0.0191. The Morgan fingerprint density at radius 1 is 1.35 bits per heavy atom. The minimum Gasteiger partial charge on any atom is -0.481 e. The van der Waals surface area contributed by atoms with Crippen molar-refractivity contribution < 1.29 is 19.4 Å². The lowest BCUT2D eigenvalue weighted by Gasteiger charge is -2.27. The van der Waals surface area contributed by atoms with Crippen molar-refractivity contribution in [1.29, 1.82) is 0 Å². The average Bonchev–Trinajstić information content (AvgIpc) is 2.26. The van der Waals surface area contributed by atoms with Gasteiger partial charge in [0.15, 0.2) is 0 Å². The quantitative estimate of drug-likeness (QED) is 0.785. The zero-order valence-corrected chi connectivity index (χ0v) is 12.8. The number of amides is 1. The largest absolute Gasteiger partial charge is 0.481 e. The van der Waals surface area contributed by atoms with Gasteiger partial charge in [0.1, 0.15) is 0 Å². The highest BCUT2D eigenvalue weighted by molar-refractivity contribution is 5.77. The smallest absolute Gasteiger partial charge is 0.305 e. The van der Waals surface area contributed by atoms with Crippen LogP contribution in [0.4, 0.5) is 0 Å². The van der Waals surface area contributed by atoms with Crippen LogP contribution in [0.2, 0.25) is 0 Å². The van der Waals surface area contributed by atoms with E-state index in [-0.39, 0.29) is 29.9 Å². The molecule has 1 rings (SSSR count). The summed E-state index contributed by atoms with van der Waals surface area (Å²) in [7, 11) is 0. The number of hydrogen-bond acceptors (Lipinski definition) is 3. The molecule has 0 aromatic carbocycles. The maximum absolute atomic E-state index is 12.0. The molecular weight excluding hydrogens is 258 g/mol. The molecule has 5 heteroatoms. The lowest BCUT2D eigenvalue weighted by atomic mass is 9.87. The fourth-order valence-electron chi connectivity index (χ4n) is 2.59. The van der Waals surface area contributed by atoms with Gasteiger partial charge in [0.25, 0.3) is 0 Å². The van der Waals surface area contributed by atoms with Gasteiger partial charge in [0.2, 0.25) is 5.91 Å². The van der Waals surface area contributed by atoms with Gasteiger partial charge < -0.3 is 15.2 Å². The molecule has 2 N–H and O–H groups in total. The highest BCUT2D eigenvalue weighted by atomic mass is 16.5. The average molecular weight is 285 g/mol. The first-order valence-electron chi connectivity index (χ1n) is 7.39. The molecule has 116 valence electrons. The zero-order chi connectivity index (χ0) is 15.2. The van der Waals surface area contributed by atoms with Crippen LogP contribution in [-0.4, -0.2) is 35.7 Å². The number of rotatable bonds is 6. The topological polar surface area (TPSA) is 75.6 Å². The van der Waals surface area contributed by atoms with E-state index in [4.69, 9.17) is 9.84 Å². The Balaban J connectivity index is 2.45. The number of hydrogen-bond donors (Lipinski definition) is 2. The maximum atomic E-state index is 12.0. The third-order valence-electron chi connectivity index (χ3n) is 3.33. The molecule has 0 aromatic rings. The first-order chi connectivity index (χ1) is 9.26. The Labute approximate surface area is 121 Å². The van der Waals surface area contributed by atoms with Crippen molar-refractivity contribution in [3.05, 3.63) is 0 Å². The molecule has 0 bridgehead atoms. The molecule has 0 aromatic heterocycles. The SMILES string of the molecule is CC(C)(C)CC(CC(=O)O)NC(=O)CC1CCCCO1. The van der Waals surface area contributed by atoms with Crippen LogP contribution in [-0.2, 0) is 14.3 Å². The van der Waals surface area contributed by atoms with E-state index in [2.05, 4.69) is 5.32 Å². The van der Waals surface area contributed by atoms with E-state index in [9.17, 15) is 9.59 Å². The van der Waals surface area contributed by atoms with E-state index < -0.39 is 5.97 Å². The summed E-state index contributed by atoms with van der Waals surface area (Å²) in [6.45, 7) is 6.84. The van der Waals surface area contributed by atoms with Gasteiger partial charge in [0.05, 0.1) is 18.9 Å². The van der Waals surface area contributed by atoms with Gasteiger partial charge in [-0.05, 0) is 31.1 Å². The van der Waals surface area contributed by atoms with Gasteiger partial charge in [-0.2, -0.15) is 0 Å². The molecule has 2 unspecified atom stereocenters. The molecule has 0 saturated carbocycles. The lowest BCUT2D eigenvalue weighted by molar-refractivity contribution is -0.138. The fourth-order valence-corrected chi connectivity index (χ4v) is 2.59. The Hall–Kier alpha value is -1.10. The number of nitrogens with one attached hydrogen (secondary N) is 1. The second-order valence-electron chi connectivity index (χ2n) is 6.82. The van der Waals surface area contributed by atoms with Crippen LogP contribution in [0.3, 0.4) is 0 Å². The van der Waals surface area contributed by atoms with E-state index in [1.54, 1.807) is 0 Å². The Kier molecular flexibility index (Phi) is 6.46. The van der Waals surface area contributed by atoms with Gasteiger partial charge in [-0.3, -0.25) is 9.59 Å². The number of aliphatic carboxylic acids is 1. The minimum atomic E-state index is -0.881. The van der Waals surface area contributed by atoms with Gasteiger partial charge in [0, 0.05) is 12.6 Å². The Bertz CT molecular complexity index is 329. The molecule has 0 radical (unpaired) electrons. The van der Waals surface area contributed by atoms with Gasteiger partial charge in [-0.25, -0.2) is 0 Å². The van der Waals surface area contributed by atoms with Crippen LogP contribution in [0.5, 0.6) is 0 Å². The number of carboxylic acids is 1. The monoisotopic (exact) mass is 285 g/mol. The van der Waals surface area contributed by atoms with Crippen LogP contribution >= 0.6 is 0 Å². The van der Waals surface area contributed by atoms with Crippen molar-refractivity contribution in [3.8, 4) is 0 Å². The van der Waals surface area contributed by atoms with E-state index in [0.29, 0.717) is 12.8 Å². The molecule has 1 heterocycles. The molecule has 1 amide bonds. The van der Waals surface area contributed by atoms with Gasteiger partial charge in [-0.15, -0.1) is 0 Å². The number of carbonyl (C=O) groups is 2. The molecule has 1 fully saturated rings. The summed E-state index contributed by atoms with van der Waals surface area (Å²) in [6.07, 6.45) is 4.01. The predicted molar refractivity (Wildman–Crippen MR) is 76.5 cm³/mol. The van der Waals surface area contributed by atoms with Crippen LogP contribution in [0.1, 0.15) is 59.3 Å². The third-order valence-corrected chi connectivity index (χ3v) is 3.33. The molecule has 1 aliphatic heterocycles. The molecule has 0 aliphatic carbocycles. The van der Waals surface area contributed by atoms with Crippen molar-refractivity contribution in [1.82, 2.24) is 5.32 Å². The van der Waals surface area contributed by atoms with Crippen molar-refractivity contribution >= 4 is 11.9 Å². The molecule has 1 saturated heterocycles. The van der Waals surface area contributed by atoms with Crippen molar-refractivity contribution in [2.45, 2.75) is 71.4 Å². The second kappa shape index (κ2) is 7.62. The summed E-state index contributed by atoms with van der Waals surface area (Å²) in [4.78, 5) is 22.9. The van der Waals surface area contributed by atoms with E-state index in [1.165, 1.54) is 0 Å². The van der Waals surface area contributed by atoms with E-state index in [1.807, 2.05) is 20.8 Å². The summed E-state index contributed by atoms with van der Waals surface area (Å²) < 4.78 is 5.54. The molecule has 5 nitrogen and oxygen atoms in total. The summed E-state index contributed by atoms with van der Waals surface area (Å²) in [6, 6.07) is -0.316. The van der Waals surface area contributed by atoms with Crippen LogP contribution in [0.25, 0.3) is 0 Å². The summed E-state index contributed by atoms with van der Waals surface area (Å²) >= 11 is 0. The molecule has 20 heavy (non-hydrogen) atoms. The second-order valence-corrected chi connectivity index (χ2v) is 6.82. The highest BCUT2D eigenvalue weighted by Gasteiger charge is 2.24. The zero-order valence-electron chi connectivity index (χ0n) is 12.8. The fraction of sp³-hybridized carbons (Fsp3) is 0.867. The van der Waals surface area contributed by atoms with Crippen molar-refractivity contribution in [3.63, 3.8) is 0 Å². The van der Waals surface area contributed by atoms with Crippen molar-refractivity contribution in [2.24, 2.45) is 5.41 Å². The molecule has 0 spiro atoms. The number of ether oxygens (including phenoxy) is 1. The predicted octanol–water partition coefficient (Wildman–Crippen LogP) is 2.34. The van der Waals surface area contributed by atoms with Crippen LogP contribution < -0.4 is 5.32 Å². The molecule has 1 aliphatic rings. The minimum absolute atomic E-state index is 0.0103. The maximum Gasteiger partial charge on any atom is 0.305 e. The van der Waals surface area contributed by atoms with Crippen molar-refractivity contribution in [2.75, 3.05) is 6.61 Å². The standard InChI is InChI=1S/C15H27NO4/c1-15(2,3)10-11(8-14(18)19)16-13(17)9-12-6-4-5-7-20-12/h11-12H,4-10H2,1-3H3,(H,16,17)(H,18,19). The normalized spacial score (nSPS) is 21.2. The summed E-state index contributed by atoms with van der Waals surface area (Å²) in [5.74, 6) is -0.985. The number of carbonyl (C=O) groups excluding carboxylic acids is 1. The Morgan fingerprint density at radius 3 is 2.55 bits per heavy atom. The van der Waals surface area contributed by atoms with Crippen LogP contribution in [0, 0.1) is 5.41 Å². The molecule has 2 atom stereocenters. The van der Waals surface area contributed by atoms with E-state index >= 15 is 0 Å². The first kappa shape index (κ1) is 17.0. The first-order valence-corrected chi connectivity index (χ1v) is 7.39. The van der Waals surface area contributed by atoms with Crippen LogP contribution in [0.15, 0.2) is 0 Å². The molecular formula is C15H27NO4. The summed E-state index contributed by atoms with van der Waals surface area (Å²) in [5, 5.41) is 11.8. The van der Waals surface area contributed by atoms with Gasteiger partial charge >= 0.3 is 5.97 Å². The van der Waals surface area contributed by atoms with E-state index in [0.717, 1.165) is 25.9 Å².